The van der Waals surface area contributed by atoms with E-state index in [-0.39, 0.29) is 35.3 Å². The Morgan fingerprint density at radius 3 is 2.86 bits per heavy atom. The van der Waals surface area contributed by atoms with Gasteiger partial charge in [0.2, 0.25) is 5.91 Å². The van der Waals surface area contributed by atoms with Crippen LogP contribution in [0.15, 0.2) is 35.1 Å². The first kappa shape index (κ1) is 22.3. The summed E-state index contributed by atoms with van der Waals surface area (Å²) < 4.78 is 46.7. The largest absolute Gasteiger partial charge is 0.573 e. The van der Waals surface area contributed by atoms with Gasteiger partial charge in [0, 0.05) is 24.1 Å². The second kappa shape index (κ2) is 8.38. The van der Waals surface area contributed by atoms with Crippen LogP contribution in [0.5, 0.6) is 5.75 Å². The highest BCUT2D eigenvalue weighted by Gasteiger charge is 2.31. The third kappa shape index (κ3) is 4.62. The molecule has 14 heteroatoms. The minimum atomic E-state index is -4.81. The molecule has 11 nitrogen and oxygen atoms in total. The molecule has 0 fully saturated rings. The van der Waals surface area contributed by atoms with Gasteiger partial charge in [-0.15, -0.1) is 13.2 Å². The van der Waals surface area contributed by atoms with Crippen molar-refractivity contribution in [2.75, 3.05) is 5.32 Å². The van der Waals surface area contributed by atoms with Crippen molar-refractivity contribution in [3.05, 3.63) is 47.6 Å². The van der Waals surface area contributed by atoms with Crippen molar-refractivity contribution >= 4 is 28.7 Å². The fourth-order valence-electron chi connectivity index (χ4n) is 3.63. The Morgan fingerprint density at radius 2 is 2.06 bits per heavy atom. The zero-order valence-corrected chi connectivity index (χ0v) is 17.9. The van der Waals surface area contributed by atoms with Gasteiger partial charge in [-0.05, 0) is 25.5 Å². The molecule has 1 atom stereocenters. The van der Waals surface area contributed by atoms with Gasteiger partial charge < -0.3 is 24.9 Å². The molecule has 2 amide bonds. The van der Waals surface area contributed by atoms with Gasteiger partial charge in [-0.2, -0.15) is 0 Å². The lowest BCUT2D eigenvalue weighted by molar-refractivity contribution is -0.274. The van der Waals surface area contributed by atoms with Crippen molar-refractivity contribution in [2.24, 2.45) is 0 Å². The number of ether oxygens (including phenoxy) is 1. The maximum Gasteiger partial charge on any atom is 0.573 e. The van der Waals surface area contributed by atoms with Gasteiger partial charge >= 0.3 is 6.36 Å². The molecule has 35 heavy (non-hydrogen) atoms. The number of rotatable bonds is 5. The number of alkyl halides is 3. The van der Waals surface area contributed by atoms with Crippen molar-refractivity contribution in [2.45, 2.75) is 32.2 Å². The van der Waals surface area contributed by atoms with E-state index < -0.39 is 18.3 Å². The number of nitrogens with one attached hydrogen (secondary N) is 3. The summed E-state index contributed by atoms with van der Waals surface area (Å²) in [6, 6.07) is 4.65. The topological polar surface area (TPSA) is 148 Å². The number of carbonyl (C=O) groups is 2. The van der Waals surface area contributed by atoms with Crippen molar-refractivity contribution in [3.8, 4) is 17.3 Å². The first-order valence-electron chi connectivity index (χ1n) is 10.3. The van der Waals surface area contributed by atoms with E-state index in [2.05, 4.69) is 40.5 Å². The van der Waals surface area contributed by atoms with Crippen LogP contribution in [0.1, 0.15) is 41.2 Å². The van der Waals surface area contributed by atoms with Gasteiger partial charge in [0.15, 0.2) is 11.6 Å². The second-order valence-electron chi connectivity index (χ2n) is 7.72. The van der Waals surface area contributed by atoms with Gasteiger partial charge in [-0.25, -0.2) is 15.0 Å². The Kier molecular flexibility index (Phi) is 5.34. The third-order valence-electron chi connectivity index (χ3n) is 5.25. The monoisotopic (exact) mass is 487 g/mol. The van der Waals surface area contributed by atoms with Gasteiger partial charge in [-0.1, -0.05) is 5.16 Å². The van der Waals surface area contributed by atoms with Crippen molar-refractivity contribution < 1.29 is 32.0 Å². The number of hydrogen-bond donors (Lipinski definition) is 3. The van der Waals surface area contributed by atoms with Gasteiger partial charge in [0.25, 0.3) is 5.91 Å². The highest BCUT2D eigenvalue weighted by Crippen LogP contribution is 2.28. The summed E-state index contributed by atoms with van der Waals surface area (Å²) in [6.07, 6.45) is -3.04. The number of benzene rings is 1. The van der Waals surface area contributed by atoms with Gasteiger partial charge in [-0.3, -0.25) is 9.59 Å². The Balaban J connectivity index is 1.32. The predicted molar refractivity (Wildman–Crippen MR) is 113 cm³/mol. The molecular formula is C21H16F3N7O4. The number of halogens is 3. The number of hydrogen-bond acceptors (Lipinski definition) is 8. The molecule has 0 bridgehead atoms. The minimum Gasteiger partial charge on any atom is -0.406 e. The van der Waals surface area contributed by atoms with Crippen LogP contribution in [-0.4, -0.2) is 43.3 Å². The van der Waals surface area contributed by atoms with Crippen LogP contribution in [0.3, 0.4) is 0 Å². The van der Waals surface area contributed by atoms with Crippen LogP contribution < -0.4 is 15.4 Å². The number of fused-ring (bicyclic) bond motifs is 2. The third-order valence-corrected chi connectivity index (χ3v) is 5.25. The highest BCUT2D eigenvalue weighted by atomic mass is 19.4. The summed E-state index contributed by atoms with van der Waals surface area (Å²) in [5.41, 5.74) is 1.70. The SMILES string of the molecule is C[C@@H](NC(=O)c1ncnc2c1CCC(=O)N2)c1cc(-c2nc3ccc(OC(F)(F)F)cc3[nH]2)no1. The maximum atomic E-state index is 12.8. The zero-order valence-electron chi connectivity index (χ0n) is 17.9. The summed E-state index contributed by atoms with van der Waals surface area (Å²) in [7, 11) is 0. The van der Waals surface area contributed by atoms with E-state index in [1.54, 1.807) is 13.0 Å². The zero-order chi connectivity index (χ0) is 24.7. The molecular weight excluding hydrogens is 471 g/mol. The van der Waals surface area contributed by atoms with Gasteiger partial charge in [0.1, 0.15) is 29.3 Å². The Bertz CT molecular complexity index is 1450. The number of carbonyl (C=O) groups excluding carboxylic acids is 2. The molecule has 4 aromatic rings. The molecule has 0 saturated heterocycles. The van der Waals surface area contributed by atoms with Crippen LogP contribution in [0.25, 0.3) is 22.6 Å². The fourth-order valence-corrected chi connectivity index (χ4v) is 3.63. The van der Waals surface area contributed by atoms with E-state index in [0.717, 1.165) is 6.07 Å². The maximum absolute atomic E-state index is 12.8. The minimum absolute atomic E-state index is 0.149. The number of anilines is 1. The second-order valence-corrected chi connectivity index (χ2v) is 7.72. The molecule has 0 saturated carbocycles. The van der Waals surface area contributed by atoms with Crippen molar-refractivity contribution in [1.29, 1.82) is 0 Å². The van der Waals surface area contributed by atoms with E-state index >= 15 is 0 Å². The molecule has 1 aliphatic rings. The lowest BCUT2D eigenvalue weighted by atomic mass is 10.0. The normalized spacial score (nSPS) is 14.3. The molecule has 5 rings (SSSR count). The summed E-state index contributed by atoms with van der Waals surface area (Å²) in [5, 5.41) is 9.32. The number of aromatic amines is 1. The Hall–Kier alpha value is -4.49. The first-order chi connectivity index (χ1) is 16.7. The number of imidazole rings is 1. The quantitative estimate of drug-likeness (QED) is 0.389. The fraction of sp³-hybridized carbons (Fsp3) is 0.238. The summed E-state index contributed by atoms with van der Waals surface area (Å²) in [5.74, 6) is -0.163. The Labute approximate surface area is 194 Å². The standard InChI is InChI=1S/C21H16F3N7O4/c1-9(27-20(33)17-11-3-5-16(32)30-18(11)26-8-25-17)15-7-14(31-35-15)19-28-12-4-2-10(6-13(12)29-19)34-21(22,23)24/h2,4,6-9H,3,5H2,1H3,(H,27,33)(H,28,29)(H,25,26,30,32)/t9-/m1/s1. The van der Waals surface area contributed by atoms with E-state index in [1.807, 2.05) is 0 Å². The molecule has 0 unspecified atom stereocenters. The van der Waals surface area contributed by atoms with Crippen LogP contribution in [0.4, 0.5) is 19.0 Å². The molecule has 3 aromatic heterocycles. The van der Waals surface area contributed by atoms with Crippen LogP contribution in [0, 0.1) is 0 Å². The Morgan fingerprint density at radius 1 is 1.23 bits per heavy atom. The molecule has 1 aromatic carbocycles. The highest BCUT2D eigenvalue weighted by molar-refractivity contribution is 5.99. The summed E-state index contributed by atoms with van der Waals surface area (Å²) >= 11 is 0. The van der Waals surface area contributed by atoms with Crippen molar-refractivity contribution in [1.82, 2.24) is 30.4 Å². The number of H-pyrrole nitrogens is 1. The molecule has 0 spiro atoms. The number of nitrogens with zero attached hydrogens (tertiary/aromatic N) is 4. The number of aromatic nitrogens is 5. The summed E-state index contributed by atoms with van der Waals surface area (Å²) in [4.78, 5) is 39.6. The van der Waals surface area contributed by atoms with Gasteiger partial charge in [0.05, 0.1) is 17.1 Å². The van der Waals surface area contributed by atoms with E-state index in [1.165, 1.54) is 18.5 Å². The number of amides is 2. The van der Waals surface area contributed by atoms with Crippen LogP contribution >= 0.6 is 0 Å². The first-order valence-corrected chi connectivity index (χ1v) is 10.3. The van der Waals surface area contributed by atoms with Crippen molar-refractivity contribution in [3.63, 3.8) is 0 Å². The average molecular weight is 487 g/mol. The van der Waals surface area contributed by atoms with Crippen LogP contribution in [-0.2, 0) is 11.2 Å². The molecule has 0 aliphatic carbocycles. The van der Waals surface area contributed by atoms with E-state index in [9.17, 15) is 22.8 Å². The summed E-state index contributed by atoms with van der Waals surface area (Å²) in [6.45, 7) is 1.68. The molecule has 180 valence electrons. The molecule has 4 heterocycles. The predicted octanol–water partition coefficient (Wildman–Crippen LogP) is 3.28. The van der Waals surface area contributed by atoms with E-state index in [4.69, 9.17) is 4.52 Å². The smallest absolute Gasteiger partial charge is 0.406 e. The molecule has 3 N–H and O–H groups in total. The lowest BCUT2D eigenvalue weighted by Crippen LogP contribution is -2.30. The molecule has 0 radical (unpaired) electrons. The van der Waals surface area contributed by atoms with Crippen LogP contribution in [0.2, 0.25) is 0 Å². The molecule has 1 aliphatic heterocycles. The lowest BCUT2D eigenvalue weighted by Gasteiger charge is -2.18. The van der Waals surface area contributed by atoms with E-state index in [0.29, 0.717) is 34.6 Å². The average Bonchev–Trinajstić information content (AvgIpc) is 3.44.